The molecule has 6 heteroatoms. The normalized spacial score (nSPS) is 29.1. The average molecular weight is 428 g/mol. The van der Waals surface area contributed by atoms with Gasteiger partial charge in [-0.25, -0.2) is 0 Å². The monoisotopic (exact) mass is 427 g/mol. The molecule has 1 saturated carbocycles. The topological polar surface area (TPSA) is 72.9 Å². The molecule has 6 nitrogen and oxygen atoms in total. The second-order valence-electron chi connectivity index (χ2n) is 10.2. The van der Waals surface area contributed by atoms with Crippen molar-refractivity contribution in [2.75, 3.05) is 29.9 Å². The number of nitrogens with zero attached hydrogens (tertiary/aromatic N) is 2. The Kier molecular flexibility index (Phi) is 6.29. The highest BCUT2D eigenvalue weighted by Gasteiger charge is 2.50. The third-order valence-corrected chi connectivity index (χ3v) is 7.56. The smallest absolute Gasteiger partial charge is 0.230 e. The quantitative estimate of drug-likeness (QED) is 0.768. The molecule has 2 amide bonds. The van der Waals surface area contributed by atoms with Crippen molar-refractivity contribution >= 4 is 23.2 Å². The van der Waals surface area contributed by atoms with Gasteiger partial charge in [0.05, 0.1) is 11.5 Å². The summed E-state index contributed by atoms with van der Waals surface area (Å²) in [5, 5.41) is 12.8. The van der Waals surface area contributed by atoms with Gasteiger partial charge in [-0.3, -0.25) is 9.59 Å². The van der Waals surface area contributed by atoms with Crippen LogP contribution in [0.4, 0.5) is 11.4 Å². The third kappa shape index (κ3) is 4.45. The maximum atomic E-state index is 13.6. The molecule has 170 valence electrons. The van der Waals surface area contributed by atoms with Crippen molar-refractivity contribution in [3.63, 3.8) is 0 Å². The van der Waals surface area contributed by atoms with Crippen LogP contribution in [0.5, 0.6) is 0 Å². The molecule has 0 radical (unpaired) electrons. The van der Waals surface area contributed by atoms with E-state index in [0.29, 0.717) is 11.9 Å². The minimum Gasteiger partial charge on any atom is -0.393 e. The van der Waals surface area contributed by atoms with Crippen molar-refractivity contribution in [2.24, 2.45) is 11.3 Å². The van der Waals surface area contributed by atoms with Crippen LogP contribution < -0.4 is 10.2 Å². The lowest BCUT2D eigenvalue weighted by atomic mass is 9.78. The maximum absolute atomic E-state index is 13.6. The molecule has 4 rings (SSSR count). The molecule has 1 spiro atoms. The van der Waals surface area contributed by atoms with E-state index in [1.165, 1.54) is 0 Å². The van der Waals surface area contributed by atoms with E-state index < -0.39 is 0 Å². The number of hydrogen-bond acceptors (Lipinski definition) is 4. The summed E-state index contributed by atoms with van der Waals surface area (Å²) >= 11 is 0. The Labute approximate surface area is 186 Å². The SMILES string of the molecule is Cc1cc(NC(=O)C(C)C)ccc1N1CCC[C@]2(CCN(C3CCC(O)CC3)C2=O)C1. The number of piperidine rings is 1. The number of likely N-dealkylation sites (tertiary alicyclic amines) is 1. The van der Waals surface area contributed by atoms with Gasteiger partial charge in [-0.1, -0.05) is 13.8 Å². The van der Waals surface area contributed by atoms with Crippen LogP contribution in [0, 0.1) is 18.3 Å². The molecule has 0 bridgehead atoms. The predicted octanol–water partition coefficient (Wildman–Crippen LogP) is 3.71. The van der Waals surface area contributed by atoms with E-state index in [1.54, 1.807) is 0 Å². The summed E-state index contributed by atoms with van der Waals surface area (Å²) in [6, 6.07) is 6.40. The number of benzene rings is 1. The van der Waals surface area contributed by atoms with Crippen LogP contribution in [0.15, 0.2) is 18.2 Å². The summed E-state index contributed by atoms with van der Waals surface area (Å²) in [5.74, 6) is 0.304. The van der Waals surface area contributed by atoms with Gasteiger partial charge >= 0.3 is 0 Å². The number of amides is 2. The molecule has 3 fully saturated rings. The van der Waals surface area contributed by atoms with Gasteiger partial charge < -0.3 is 20.2 Å². The van der Waals surface area contributed by atoms with Crippen LogP contribution in [0.3, 0.4) is 0 Å². The van der Waals surface area contributed by atoms with Gasteiger partial charge in [-0.2, -0.15) is 0 Å². The zero-order chi connectivity index (χ0) is 22.2. The van der Waals surface area contributed by atoms with Crippen molar-refractivity contribution < 1.29 is 14.7 Å². The highest BCUT2D eigenvalue weighted by molar-refractivity contribution is 5.92. The zero-order valence-electron chi connectivity index (χ0n) is 19.2. The number of aliphatic hydroxyl groups is 1. The molecule has 0 aromatic heterocycles. The van der Waals surface area contributed by atoms with E-state index in [1.807, 2.05) is 26.0 Å². The Morgan fingerprint density at radius 3 is 2.58 bits per heavy atom. The molecule has 1 aromatic carbocycles. The second-order valence-corrected chi connectivity index (χ2v) is 10.2. The minimum atomic E-state index is -0.273. The van der Waals surface area contributed by atoms with Crippen LogP contribution in [0.1, 0.15) is 64.4 Å². The highest BCUT2D eigenvalue weighted by atomic mass is 16.3. The summed E-state index contributed by atoms with van der Waals surface area (Å²) in [4.78, 5) is 30.1. The van der Waals surface area contributed by atoms with Gasteiger partial charge in [0, 0.05) is 43.0 Å². The van der Waals surface area contributed by atoms with Crippen molar-refractivity contribution in [3.8, 4) is 0 Å². The minimum absolute atomic E-state index is 0.0240. The molecule has 1 aromatic rings. The Morgan fingerprint density at radius 1 is 1.16 bits per heavy atom. The number of hydrogen-bond donors (Lipinski definition) is 2. The molecule has 1 aliphatic carbocycles. The first-order chi connectivity index (χ1) is 14.8. The maximum Gasteiger partial charge on any atom is 0.230 e. The molecule has 2 saturated heterocycles. The van der Waals surface area contributed by atoms with Gasteiger partial charge in [0.1, 0.15) is 0 Å². The van der Waals surface area contributed by atoms with E-state index in [9.17, 15) is 14.7 Å². The average Bonchev–Trinajstić information content (AvgIpc) is 3.04. The van der Waals surface area contributed by atoms with E-state index in [-0.39, 0.29) is 23.3 Å². The van der Waals surface area contributed by atoms with Crippen LogP contribution in [0.25, 0.3) is 0 Å². The Hall–Kier alpha value is -2.08. The fraction of sp³-hybridized carbons (Fsp3) is 0.680. The summed E-state index contributed by atoms with van der Waals surface area (Å²) < 4.78 is 0. The largest absolute Gasteiger partial charge is 0.393 e. The molecule has 2 N–H and O–H groups in total. The van der Waals surface area contributed by atoms with Gasteiger partial charge in [0.25, 0.3) is 0 Å². The van der Waals surface area contributed by atoms with Gasteiger partial charge in [-0.05, 0) is 75.6 Å². The van der Waals surface area contributed by atoms with Gasteiger partial charge in [-0.15, -0.1) is 0 Å². The lowest BCUT2D eigenvalue weighted by Crippen LogP contribution is -2.50. The summed E-state index contributed by atoms with van der Waals surface area (Å²) in [6.07, 6.45) is 6.21. The summed E-state index contributed by atoms with van der Waals surface area (Å²) in [6.45, 7) is 8.45. The number of carbonyl (C=O) groups excluding carboxylic acids is 2. The van der Waals surface area contributed by atoms with Crippen LogP contribution >= 0.6 is 0 Å². The first kappa shape index (κ1) is 22.1. The standard InChI is InChI=1S/C25H37N3O3/c1-17(2)23(30)26-19-5-10-22(18(3)15-19)27-13-4-11-25(16-27)12-14-28(24(25)31)20-6-8-21(29)9-7-20/h5,10,15,17,20-21,29H,4,6-9,11-14,16H2,1-3H3,(H,26,30)/t20?,21?,25-/m0/s1. The number of nitrogens with one attached hydrogen (secondary N) is 1. The summed E-state index contributed by atoms with van der Waals surface area (Å²) in [7, 11) is 0. The highest BCUT2D eigenvalue weighted by Crippen LogP contribution is 2.44. The molecule has 3 aliphatic rings. The predicted molar refractivity (Wildman–Crippen MR) is 123 cm³/mol. The summed E-state index contributed by atoms with van der Waals surface area (Å²) in [5.41, 5.74) is 2.84. The fourth-order valence-electron chi connectivity index (χ4n) is 5.66. The van der Waals surface area contributed by atoms with Crippen molar-refractivity contribution in [2.45, 2.75) is 77.9 Å². The molecule has 2 aliphatic heterocycles. The van der Waals surface area contributed by atoms with Crippen LogP contribution in [-0.2, 0) is 9.59 Å². The number of aliphatic hydroxyl groups excluding tert-OH is 1. The molecular formula is C25H37N3O3. The third-order valence-electron chi connectivity index (χ3n) is 7.56. The Balaban J connectivity index is 1.46. The van der Waals surface area contributed by atoms with E-state index in [2.05, 4.69) is 28.1 Å². The number of aryl methyl sites for hydroxylation is 1. The van der Waals surface area contributed by atoms with Crippen LogP contribution in [-0.4, -0.2) is 53.6 Å². The first-order valence-electron chi connectivity index (χ1n) is 11.9. The van der Waals surface area contributed by atoms with Crippen molar-refractivity contribution in [1.29, 1.82) is 0 Å². The lowest BCUT2D eigenvalue weighted by molar-refractivity contribution is -0.139. The first-order valence-corrected chi connectivity index (χ1v) is 11.9. The lowest BCUT2D eigenvalue weighted by Gasteiger charge is -2.42. The molecule has 31 heavy (non-hydrogen) atoms. The fourth-order valence-corrected chi connectivity index (χ4v) is 5.66. The molecule has 1 atom stereocenters. The van der Waals surface area contributed by atoms with E-state index in [4.69, 9.17) is 0 Å². The van der Waals surface area contributed by atoms with E-state index >= 15 is 0 Å². The van der Waals surface area contributed by atoms with Crippen LogP contribution in [0.2, 0.25) is 0 Å². The van der Waals surface area contributed by atoms with Crippen molar-refractivity contribution in [3.05, 3.63) is 23.8 Å². The zero-order valence-corrected chi connectivity index (χ0v) is 19.2. The van der Waals surface area contributed by atoms with Crippen molar-refractivity contribution in [1.82, 2.24) is 4.90 Å². The van der Waals surface area contributed by atoms with Gasteiger partial charge in [0.15, 0.2) is 0 Å². The molecule has 0 unspecified atom stereocenters. The van der Waals surface area contributed by atoms with E-state index in [0.717, 1.165) is 81.5 Å². The number of rotatable bonds is 4. The Bertz CT molecular complexity index is 831. The second kappa shape index (κ2) is 8.81. The molecule has 2 heterocycles. The van der Waals surface area contributed by atoms with Gasteiger partial charge in [0.2, 0.25) is 11.8 Å². The number of anilines is 2. The molecular weight excluding hydrogens is 390 g/mol. The number of carbonyl (C=O) groups is 2. The Morgan fingerprint density at radius 2 is 1.90 bits per heavy atom.